The molecule has 0 radical (unpaired) electrons. The highest BCUT2D eigenvalue weighted by Gasteiger charge is 2.09. The van der Waals surface area contributed by atoms with Gasteiger partial charge in [-0.25, -0.2) is 9.78 Å². The molecule has 0 aliphatic carbocycles. The van der Waals surface area contributed by atoms with E-state index in [0.717, 1.165) is 16.7 Å². The van der Waals surface area contributed by atoms with Gasteiger partial charge in [0.1, 0.15) is 5.69 Å². The Balaban J connectivity index is 2.41. The molecule has 0 aromatic carbocycles. The molecule has 15 heavy (non-hydrogen) atoms. The molecular weight excluding hydrogens is 192 g/mol. The van der Waals surface area contributed by atoms with Crippen LogP contribution in [0.5, 0.6) is 0 Å². The van der Waals surface area contributed by atoms with Gasteiger partial charge < -0.3 is 9.72 Å². The van der Waals surface area contributed by atoms with Gasteiger partial charge in [-0.1, -0.05) is 0 Å². The van der Waals surface area contributed by atoms with Crippen LogP contribution in [0.1, 0.15) is 23.1 Å². The van der Waals surface area contributed by atoms with Gasteiger partial charge in [0.2, 0.25) is 0 Å². The third-order valence-corrected chi connectivity index (χ3v) is 2.09. The van der Waals surface area contributed by atoms with Gasteiger partial charge in [-0.05, 0) is 32.0 Å². The van der Waals surface area contributed by atoms with Crippen molar-refractivity contribution in [2.24, 2.45) is 0 Å². The Morgan fingerprint density at radius 2 is 2.33 bits per heavy atom. The average Bonchev–Trinajstić information content (AvgIpc) is 2.57. The number of aromatic nitrogens is 2. The molecule has 2 heterocycles. The Bertz CT molecular complexity index is 502. The topological polar surface area (TPSA) is 55.0 Å². The number of hydrogen-bond donors (Lipinski definition) is 1. The summed E-state index contributed by atoms with van der Waals surface area (Å²) in [6, 6.07) is 5.40. The first-order valence-electron chi connectivity index (χ1n) is 4.84. The minimum absolute atomic E-state index is 0.350. The maximum atomic E-state index is 11.4. The summed E-state index contributed by atoms with van der Waals surface area (Å²) in [6.45, 7) is 4.09. The summed E-state index contributed by atoms with van der Waals surface area (Å²) in [5.74, 6) is -0.377. The van der Waals surface area contributed by atoms with E-state index in [1.54, 1.807) is 13.0 Å². The Morgan fingerprint density at radius 1 is 1.53 bits per heavy atom. The third-order valence-electron chi connectivity index (χ3n) is 2.09. The molecule has 0 spiro atoms. The van der Waals surface area contributed by atoms with E-state index in [2.05, 4.69) is 9.97 Å². The van der Waals surface area contributed by atoms with Crippen molar-refractivity contribution >= 4 is 17.0 Å². The molecule has 0 aliphatic heterocycles. The maximum absolute atomic E-state index is 11.4. The van der Waals surface area contributed by atoms with Gasteiger partial charge in [0.05, 0.1) is 17.6 Å². The van der Waals surface area contributed by atoms with E-state index in [1.165, 1.54) is 0 Å². The quantitative estimate of drug-likeness (QED) is 0.761. The highest BCUT2D eigenvalue weighted by Crippen LogP contribution is 2.13. The van der Waals surface area contributed by atoms with Crippen LogP contribution in [0.4, 0.5) is 0 Å². The van der Waals surface area contributed by atoms with E-state index >= 15 is 0 Å². The van der Waals surface area contributed by atoms with Crippen molar-refractivity contribution in [3.8, 4) is 0 Å². The summed E-state index contributed by atoms with van der Waals surface area (Å²) in [6.07, 6.45) is 0. The van der Waals surface area contributed by atoms with E-state index < -0.39 is 0 Å². The summed E-state index contributed by atoms with van der Waals surface area (Å²) in [4.78, 5) is 18.8. The number of hydrogen-bond acceptors (Lipinski definition) is 3. The first kappa shape index (κ1) is 9.71. The number of aromatic amines is 1. The highest BCUT2D eigenvalue weighted by molar-refractivity contribution is 5.90. The number of rotatable bonds is 2. The van der Waals surface area contributed by atoms with Gasteiger partial charge in [0.15, 0.2) is 0 Å². The molecule has 2 aromatic heterocycles. The fourth-order valence-corrected chi connectivity index (χ4v) is 1.46. The lowest BCUT2D eigenvalue weighted by molar-refractivity contribution is 0.0520. The van der Waals surface area contributed by atoms with Crippen LogP contribution in [0.3, 0.4) is 0 Å². The molecule has 0 atom stereocenters. The van der Waals surface area contributed by atoms with E-state index in [0.29, 0.717) is 12.3 Å². The average molecular weight is 204 g/mol. The predicted molar refractivity (Wildman–Crippen MR) is 56.8 cm³/mol. The second-order valence-electron chi connectivity index (χ2n) is 3.30. The smallest absolute Gasteiger partial charge is 0.356 e. The molecule has 4 heteroatoms. The van der Waals surface area contributed by atoms with Gasteiger partial charge in [0, 0.05) is 5.69 Å². The van der Waals surface area contributed by atoms with Crippen LogP contribution in [-0.2, 0) is 4.74 Å². The van der Waals surface area contributed by atoms with Gasteiger partial charge in [-0.15, -0.1) is 0 Å². The van der Waals surface area contributed by atoms with Crippen LogP contribution in [0.25, 0.3) is 11.0 Å². The number of pyridine rings is 1. The number of aryl methyl sites for hydroxylation is 1. The second kappa shape index (κ2) is 3.73. The number of carbonyl (C=O) groups is 1. The van der Waals surface area contributed by atoms with Crippen molar-refractivity contribution in [2.45, 2.75) is 13.8 Å². The zero-order valence-electron chi connectivity index (χ0n) is 8.70. The monoisotopic (exact) mass is 204 g/mol. The minimum atomic E-state index is -0.377. The first-order valence-corrected chi connectivity index (χ1v) is 4.84. The number of fused-ring (bicyclic) bond motifs is 1. The molecule has 2 rings (SSSR count). The molecule has 0 unspecified atom stereocenters. The van der Waals surface area contributed by atoms with E-state index in [1.807, 2.05) is 19.1 Å². The molecule has 2 aromatic rings. The fraction of sp³-hybridized carbons (Fsp3) is 0.273. The Labute approximate surface area is 87.3 Å². The molecular formula is C11H12N2O2. The van der Waals surface area contributed by atoms with E-state index in [9.17, 15) is 4.79 Å². The number of esters is 1. The molecule has 1 N–H and O–H groups in total. The van der Waals surface area contributed by atoms with Crippen molar-refractivity contribution in [1.29, 1.82) is 0 Å². The Hall–Kier alpha value is -1.84. The van der Waals surface area contributed by atoms with Crippen LogP contribution in [-0.4, -0.2) is 22.5 Å². The molecule has 0 bridgehead atoms. The standard InChI is InChI=1S/C11H12N2O2/c1-3-15-11(14)9-5-4-8-10(13-9)6-7(2)12-8/h4-6,12H,3H2,1-2H3. The van der Waals surface area contributed by atoms with Gasteiger partial charge in [0.25, 0.3) is 0 Å². The fourth-order valence-electron chi connectivity index (χ4n) is 1.46. The summed E-state index contributed by atoms with van der Waals surface area (Å²) < 4.78 is 4.87. The number of nitrogens with one attached hydrogen (secondary N) is 1. The molecule has 4 nitrogen and oxygen atoms in total. The molecule has 78 valence electrons. The van der Waals surface area contributed by atoms with Crippen molar-refractivity contribution < 1.29 is 9.53 Å². The molecule has 0 fully saturated rings. The zero-order chi connectivity index (χ0) is 10.8. The number of nitrogens with zero attached hydrogens (tertiary/aromatic N) is 1. The Kier molecular flexibility index (Phi) is 2.41. The van der Waals surface area contributed by atoms with Gasteiger partial charge in [-0.2, -0.15) is 0 Å². The van der Waals surface area contributed by atoms with Crippen LogP contribution in [0.15, 0.2) is 18.2 Å². The van der Waals surface area contributed by atoms with Crippen LogP contribution >= 0.6 is 0 Å². The normalized spacial score (nSPS) is 10.5. The van der Waals surface area contributed by atoms with Crippen molar-refractivity contribution in [3.05, 3.63) is 29.6 Å². The van der Waals surface area contributed by atoms with Crippen LogP contribution in [0.2, 0.25) is 0 Å². The Morgan fingerprint density at radius 3 is 3.07 bits per heavy atom. The molecule has 0 amide bonds. The zero-order valence-corrected chi connectivity index (χ0v) is 8.70. The van der Waals surface area contributed by atoms with Gasteiger partial charge >= 0.3 is 5.97 Å². The summed E-state index contributed by atoms with van der Waals surface area (Å²) in [7, 11) is 0. The minimum Gasteiger partial charge on any atom is -0.461 e. The summed E-state index contributed by atoms with van der Waals surface area (Å²) in [5, 5.41) is 0. The largest absolute Gasteiger partial charge is 0.461 e. The molecule has 0 saturated carbocycles. The lowest BCUT2D eigenvalue weighted by Gasteiger charge is -2.00. The maximum Gasteiger partial charge on any atom is 0.356 e. The lowest BCUT2D eigenvalue weighted by atomic mass is 10.3. The summed E-state index contributed by atoms with van der Waals surface area (Å²) in [5.41, 5.74) is 3.10. The predicted octanol–water partition coefficient (Wildman–Crippen LogP) is 2.05. The van der Waals surface area contributed by atoms with E-state index in [4.69, 9.17) is 4.74 Å². The second-order valence-corrected chi connectivity index (χ2v) is 3.30. The van der Waals surface area contributed by atoms with Crippen LogP contribution < -0.4 is 0 Å². The number of H-pyrrole nitrogens is 1. The summed E-state index contributed by atoms with van der Waals surface area (Å²) >= 11 is 0. The molecule has 0 aliphatic rings. The SMILES string of the molecule is CCOC(=O)c1ccc2[nH]c(C)cc2n1. The van der Waals surface area contributed by atoms with Crippen LogP contribution in [0, 0.1) is 6.92 Å². The third kappa shape index (κ3) is 1.83. The van der Waals surface area contributed by atoms with Gasteiger partial charge in [-0.3, -0.25) is 0 Å². The lowest BCUT2D eigenvalue weighted by Crippen LogP contribution is -2.06. The number of ether oxygens (including phenoxy) is 1. The van der Waals surface area contributed by atoms with E-state index in [-0.39, 0.29) is 5.97 Å². The first-order chi connectivity index (χ1) is 7.20. The number of carbonyl (C=O) groups excluding carboxylic acids is 1. The van der Waals surface area contributed by atoms with Crippen molar-refractivity contribution in [2.75, 3.05) is 6.61 Å². The highest BCUT2D eigenvalue weighted by atomic mass is 16.5. The van der Waals surface area contributed by atoms with Crippen molar-refractivity contribution in [3.63, 3.8) is 0 Å². The van der Waals surface area contributed by atoms with Crippen molar-refractivity contribution in [1.82, 2.24) is 9.97 Å². The molecule has 0 saturated heterocycles.